The number of carbonyl (C=O) groups is 1. The van der Waals surface area contributed by atoms with E-state index >= 15 is 0 Å². The fraction of sp³-hybridized carbons (Fsp3) is 0.278. The highest BCUT2D eigenvalue weighted by molar-refractivity contribution is 5.82. The zero-order chi connectivity index (χ0) is 15.1. The van der Waals surface area contributed by atoms with Gasteiger partial charge in [0.15, 0.2) is 5.78 Å². The van der Waals surface area contributed by atoms with Gasteiger partial charge in [0, 0.05) is 18.5 Å². The molecule has 0 spiro atoms. The Morgan fingerprint density at radius 1 is 1.05 bits per heavy atom. The lowest BCUT2D eigenvalue weighted by molar-refractivity contribution is -0.119. The van der Waals surface area contributed by atoms with E-state index in [4.69, 9.17) is 4.74 Å². The van der Waals surface area contributed by atoms with E-state index < -0.39 is 0 Å². The molecule has 0 aliphatic rings. The number of likely N-dealkylation sites (N-methyl/N-ethyl adjacent to an activating group) is 1. The van der Waals surface area contributed by atoms with Gasteiger partial charge < -0.3 is 4.74 Å². The van der Waals surface area contributed by atoms with Gasteiger partial charge in [-0.05, 0) is 18.7 Å². The third-order valence-electron chi connectivity index (χ3n) is 3.32. The lowest BCUT2D eigenvalue weighted by atomic mass is 10.1. The molecular weight excluding hydrogens is 262 g/mol. The predicted octanol–water partition coefficient (Wildman–Crippen LogP) is 2.94. The normalized spacial score (nSPS) is 10.6. The van der Waals surface area contributed by atoms with Gasteiger partial charge in [0.05, 0.1) is 13.7 Å². The standard InChI is InChI=1S/C18H21NO2/c1-19(13-16-10-6-7-11-18(16)21-2)14-17(20)12-15-8-4-3-5-9-15/h3-11H,12-14H2,1-2H3. The van der Waals surface area contributed by atoms with Gasteiger partial charge in [0.2, 0.25) is 0 Å². The summed E-state index contributed by atoms with van der Waals surface area (Å²) >= 11 is 0. The molecule has 2 aromatic carbocycles. The highest BCUT2D eigenvalue weighted by Gasteiger charge is 2.10. The quantitative estimate of drug-likeness (QED) is 0.782. The number of benzene rings is 2. The van der Waals surface area contributed by atoms with Crippen LogP contribution in [0.3, 0.4) is 0 Å². The summed E-state index contributed by atoms with van der Waals surface area (Å²) in [6.45, 7) is 1.14. The van der Waals surface area contributed by atoms with Crippen LogP contribution in [0.4, 0.5) is 0 Å². The van der Waals surface area contributed by atoms with Crippen molar-refractivity contribution in [3.05, 3.63) is 65.7 Å². The van der Waals surface area contributed by atoms with Crippen molar-refractivity contribution in [2.45, 2.75) is 13.0 Å². The SMILES string of the molecule is COc1ccccc1CN(C)CC(=O)Cc1ccccc1. The smallest absolute Gasteiger partial charge is 0.151 e. The number of para-hydroxylation sites is 1. The lowest BCUT2D eigenvalue weighted by Gasteiger charge is -2.17. The van der Waals surface area contributed by atoms with Crippen molar-refractivity contribution in [2.24, 2.45) is 0 Å². The average Bonchev–Trinajstić information content (AvgIpc) is 2.48. The first-order valence-electron chi connectivity index (χ1n) is 7.05. The molecule has 3 nitrogen and oxygen atoms in total. The van der Waals surface area contributed by atoms with Crippen LogP contribution in [0.25, 0.3) is 0 Å². The van der Waals surface area contributed by atoms with Crippen LogP contribution in [0.2, 0.25) is 0 Å². The van der Waals surface area contributed by atoms with Crippen molar-refractivity contribution in [1.82, 2.24) is 4.90 Å². The fourth-order valence-corrected chi connectivity index (χ4v) is 2.36. The Bertz CT molecular complexity index is 581. The second-order valence-electron chi connectivity index (χ2n) is 5.19. The molecule has 2 aromatic rings. The largest absolute Gasteiger partial charge is 0.496 e. The van der Waals surface area contributed by atoms with Crippen molar-refractivity contribution in [1.29, 1.82) is 0 Å². The number of hydrogen-bond donors (Lipinski definition) is 0. The molecule has 0 saturated heterocycles. The van der Waals surface area contributed by atoms with Crippen LogP contribution in [-0.4, -0.2) is 31.4 Å². The summed E-state index contributed by atoms with van der Waals surface area (Å²) < 4.78 is 5.34. The summed E-state index contributed by atoms with van der Waals surface area (Å²) in [7, 11) is 3.62. The summed E-state index contributed by atoms with van der Waals surface area (Å²) in [5.74, 6) is 1.08. The molecule has 3 heteroatoms. The molecule has 0 amide bonds. The Labute approximate surface area is 126 Å². The van der Waals surface area contributed by atoms with Gasteiger partial charge in [-0.15, -0.1) is 0 Å². The molecule has 0 aliphatic carbocycles. The van der Waals surface area contributed by atoms with E-state index in [2.05, 4.69) is 0 Å². The lowest BCUT2D eigenvalue weighted by Crippen LogP contribution is -2.26. The topological polar surface area (TPSA) is 29.5 Å². The average molecular weight is 283 g/mol. The zero-order valence-electron chi connectivity index (χ0n) is 12.6. The highest BCUT2D eigenvalue weighted by atomic mass is 16.5. The number of ether oxygens (including phenoxy) is 1. The van der Waals surface area contributed by atoms with E-state index in [0.717, 1.165) is 16.9 Å². The molecule has 0 bridgehead atoms. The van der Waals surface area contributed by atoms with E-state index in [1.54, 1.807) is 7.11 Å². The molecule has 0 aromatic heterocycles. The van der Waals surface area contributed by atoms with Gasteiger partial charge in [-0.3, -0.25) is 9.69 Å². The highest BCUT2D eigenvalue weighted by Crippen LogP contribution is 2.18. The maximum Gasteiger partial charge on any atom is 0.151 e. The Hall–Kier alpha value is -2.13. The van der Waals surface area contributed by atoms with E-state index in [1.807, 2.05) is 66.5 Å². The second-order valence-corrected chi connectivity index (χ2v) is 5.19. The van der Waals surface area contributed by atoms with E-state index in [-0.39, 0.29) is 5.78 Å². The van der Waals surface area contributed by atoms with E-state index in [1.165, 1.54) is 0 Å². The fourth-order valence-electron chi connectivity index (χ4n) is 2.36. The molecule has 0 saturated carbocycles. The summed E-state index contributed by atoms with van der Waals surface area (Å²) in [4.78, 5) is 14.1. The molecule has 0 atom stereocenters. The van der Waals surface area contributed by atoms with Crippen molar-refractivity contribution < 1.29 is 9.53 Å². The van der Waals surface area contributed by atoms with Crippen LogP contribution in [-0.2, 0) is 17.8 Å². The first kappa shape index (κ1) is 15.3. The first-order valence-corrected chi connectivity index (χ1v) is 7.05. The summed E-state index contributed by atoms with van der Waals surface area (Å²) in [5.41, 5.74) is 2.16. The number of rotatable bonds is 7. The minimum absolute atomic E-state index is 0.221. The van der Waals surface area contributed by atoms with Crippen LogP contribution in [0, 0.1) is 0 Å². The van der Waals surface area contributed by atoms with Gasteiger partial charge in [0.1, 0.15) is 5.75 Å². The molecule has 0 unspecified atom stereocenters. The molecule has 21 heavy (non-hydrogen) atoms. The maximum atomic E-state index is 12.1. The molecule has 2 rings (SSSR count). The molecule has 0 fully saturated rings. The third-order valence-corrected chi connectivity index (χ3v) is 3.32. The Balaban J connectivity index is 1.89. The van der Waals surface area contributed by atoms with Crippen LogP contribution >= 0.6 is 0 Å². The Morgan fingerprint density at radius 3 is 2.43 bits per heavy atom. The molecule has 110 valence electrons. The third kappa shape index (κ3) is 4.72. The predicted molar refractivity (Wildman–Crippen MR) is 84.5 cm³/mol. The number of nitrogens with zero attached hydrogens (tertiary/aromatic N) is 1. The van der Waals surface area contributed by atoms with Gasteiger partial charge >= 0.3 is 0 Å². The Morgan fingerprint density at radius 2 is 1.71 bits per heavy atom. The summed E-state index contributed by atoms with van der Waals surface area (Å²) in [6.07, 6.45) is 0.483. The van der Waals surface area contributed by atoms with Gasteiger partial charge in [-0.1, -0.05) is 48.5 Å². The number of methoxy groups -OCH3 is 1. The molecule has 0 heterocycles. The molecule has 0 aliphatic heterocycles. The van der Waals surface area contributed by atoms with E-state index in [9.17, 15) is 4.79 Å². The molecular formula is C18H21NO2. The number of hydrogen-bond acceptors (Lipinski definition) is 3. The van der Waals surface area contributed by atoms with Crippen molar-refractivity contribution in [2.75, 3.05) is 20.7 Å². The minimum Gasteiger partial charge on any atom is -0.496 e. The number of Topliss-reactive ketones (excluding diaryl/α,β-unsaturated/α-hetero) is 1. The van der Waals surface area contributed by atoms with Crippen molar-refractivity contribution in [3.63, 3.8) is 0 Å². The number of ketones is 1. The zero-order valence-corrected chi connectivity index (χ0v) is 12.6. The van der Waals surface area contributed by atoms with E-state index in [0.29, 0.717) is 19.5 Å². The minimum atomic E-state index is 0.221. The van der Waals surface area contributed by atoms with Gasteiger partial charge in [-0.25, -0.2) is 0 Å². The summed E-state index contributed by atoms with van der Waals surface area (Å²) in [6, 6.07) is 17.7. The first-order chi connectivity index (χ1) is 10.2. The monoisotopic (exact) mass is 283 g/mol. The van der Waals surface area contributed by atoms with Gasteiger partial charge in [-0.2, -0.15) is 0 Å². The van der Waals surface area contributed by atoms with Crippen LogP contribution in [0.1, 0.15) is 11.1 Å². The molecule has 0 radical (unpaired) electrons. The van der Waals surface area contributed by atoms with Crippen molar-refractivity contribution >= 4 is 5.78 Å². The van der Waals surface area contributed by atoms with Crippen LogP contribution < -0.4 is 4.74 Å². The van der Waals surface area contributed by atoms with Gasteiger partial charge in [0.25, 0.3) is 0 Å². The van der Waals surface area contributed by atoms with Crippen LogP contribution in [0.5, 0.6) is 5.75 Å². The number of carbonyl (C=O) groups excluding carboxylic acids is 1. The second kappa shape index (κ2) is 7.60. The maximum absolute atomic E-state index is 12.1. The van der Waals surface area contributed by atoms with Crippen molar-refractivity contribution in [3.8, 4) is 5.75 Å². The summed E-state index contributed by atoms with van der Waals surface area (Å²) in [5, 5.41) is 0. The molecule has 0 N–H and O–H groups in total. The van der Waals surface area contributed by atoms with Crippen LogP contribution in [0.15, 0.2) is 54.6 Å². The Kier molecular flexibility index (Phi) is 5.52.